The van der Waals surface area contributed by atoms with Crippen molar-refractivity contribution in [1.82, 2.24) is 9.80 Å². The molecule has 0 N–H and O–H groups in total. The standard InChI is InChI=1S/C22H29F4N3O2/c1-21(2,3)31-20(30)28-12-8-18(9-13-28)29(11-5-4-10-27)15-16-6-7-17(23)14-19(16)22(24,25)26/h6-7,14,18H,4-5,8-9,11-13,15H2,1-3H3. The van der Waals surface area contributed by atoms with Crippen molar-refractivity contribution in [2.45, 2.75) is 70.8 Å². The number of alkyl halides is 3. The van der Waals surface area contributed by atoms with Crippen LogP contribution < -0.4 is 0 Å². The summed E-state index contributed by atoms with van der Waals surface area (Å²) < 4.78 is 59.1. The smallest absolute Gasteiger partial charge is 0.416 e. The van der Waals surface area contributed by atoms with Crippen LogP contribution in [0.25, 0.3) is 0 Å². The molecule has 0 bridgehead atoms. The molecule has 1 amide bonds. The van der Waals surface area contributed by atoms with Gasteiger partial charge in [-0.1, -0.05) is 6.07 Å². The Morgan fingerprint density at radius 1 is 1.26 bits per heavy atom. The summed E-state index contributed by atoms with van der Waals surface area (Å²) in [6, 6.07) is 4.72. The summed E-state index contributed by atoms with van der Waals surface area (Å²) in [5.74, 6) is -0.933. The Hall–Kier alpha value is -2.34. The molecule has 0 atom stereocenters. The van der Waals surface area contributed by atoms with Gasteiger partial charge < -0.3 is 9.64 Å². The van der Waals surface area contributed by atoms with Gasteiger partial charge in [-0.05, 0) is 64.3 Å². The van der Waals surface area contributed by atoms with Gasteiger partial charge in [0.25, 0.3) is 0 Å². The Balaban J connectivity index is 2.12. The number of likely N-dealkylation sites (tertiary alicyclic amines) is 1. The third-order valence-corrected chi connectivity index (χ3v) is 5.12. The average Bonchev–Trinajstić information content (AvgIpc) is 2.66. The second kappa shape index (κ2) is 10.3. The molecule has 1 aromatic rings. The van der Waals surface area contributed by atoms with E-state index in [9.17, 15) is 22.4 Å². The van der Waals surface area contributed by atoms with Crippen LogP contribution in [0.2, 0.25) is 0 Å². The van der Waals surface area contributed by atoms with E-state index in [1.165, 1.54) is 6.07 Å². The van der Waals surface area contributed by atoms with Crippen molar-refractivity contribution < 1.29 is 27.1 Å². The van der Waals surface area contributed by atoms with Gasteiger partial charge in [0.2, 0.25) is 0 Å². The molecule has 1 aliphatic rings. The lowest BCUT2D eigenvalue weighted by Crippen LogP contribution is -2.48. The highest BCUT2D eigenvalue weighted by molar-refractivity contribution is 5.68. The van der Waals surface area contributed by atoms with Crippen LogP contribution in [0.1, 0.15) is 57.6 Å². The number of carbonyl (C=O) groups excluding carboxylic acids is 1. The Bertz CT molecular complexity index is 791. The molecule has 9 heteroatoms. The summed E-state index contributed by atoms with van der Waals surface area (Å²) in [4.78, 5) is 15.8. The molecule has 0 aromatic heterocycles. The zero-order valence-corrected chi connectivity index (χ0v) is 18.1. The van der Waals surface area contributed by atoms with Crippen LogP contribution in [0.4, 0.5) is 22.4 Å². The van der Waals surface area contributed by atoms with Gasteiger partial charge in [0.1, 0.15) is 11.4 Å². The molecule has 1 fully saturated rings. The van der Waals surface area contributed by atoms with Crippen LogP contribution >= 0.6 is 0 Å². The zero-order chi connectivity index (χ0) is 23.2. The maximum absolute atomic E-state index is 13.5. The highest BCUT2D eigenvalue weighted by Gasteiger charge is 2.35. The molecule has 0 saturated carbocycles. The Morgan fingerprint density at radius 2 is 1.90 bits per heavy atom. The van der Waals surface area contributed by atoms with Crippen molar-refractivity contribution in [3.8, 4) is 6.07 Å². The number of benzene rings is 1. The summed E-state index contributed by atoms with van der Waals surface area (Å²) in [7, 11) is 0. The number of hydrogen-bond acceptors (Lipinski definition) is 4. The molecule has 1 saturated heterocycles. The second-order valence-corrected chi connectivity index (χ2v) is 8.73. The molecular weight excluding hydrogens is 414 g/mol. The lowest BCUT2D eigenvalue weighted by Gasteiger charge is -2.39. The molecule has 5 nitrogen and oxygen atoms in total. The minimum Gasteiger partial charge on any atom is -0.444 e. The average molecular weight is 443 g/mol. The molecule has 0 unspecified atom stereocenters. The first-order valence-electron chi connectivity index (χ1n) is 10.4. The number of ether oxygens (including phenoxy) is 1. The van der Waals surface area contributed by atoms with Gasteiger partial charge in [-0.15, -0.1) is 0 Å². The third-order valence-electron chi connectivity index (χ3n) is 5.12. The fraction of sp³-hybridized carbons (Fsp3) is 0.636. The lowest BCUT2D eigenvalue weighted by molar-refractivity contribution is -0.138. The predicted molar refractivity (Wildman–Crippen MR) is 107 cm³/mol. The van der Waals surface area contributed by atoms with Crippen molar-refractivity contribution in [1.29, 1.82) is 5.26 Å². The first kappa shape index (κ1) is 24.9. The van der Waals surface area contributed by atoms with E-state index in [1.807, 2.05) is 4.90 Å². The normalized spacial score (nSPS) is 15.8. The van der Waals surface area contributed by atoms with Crippen molar-refractivity contribution in [2.24, 2.45) is 0 Å². The highest BCUT2D eigenvalue weighted by Crippen LogP contribution is 2.34. The summed E-state index contributed by atoms with van der Waals surface area (Å²) in [6.45, 7) is 6.67. The third kappa shape index (κ3) is 7.69. The predicted octanol–water partition coefficient (Wildman–Crippen LogP) is 5.35. The number of unbranched alkanes of at least 4 members (excludes halogenated alkanes) is 1. The molecule has 1 aliphatic heterocycles. The zero-order valence-electron chi connectivity index (χ0n) is 18.1. The number of nitrogens with zero attached hydrogens (tertiary/aromatic N) is 3. The van der Waals surface area contributed by atoms with Crippen LogP contribution in [-0.2, 0) is 17.5 Å². The Labute approximate surface area is 180 Å². The fourth-order valence-corrected chi connectivity index (χ4v) is 3.66. The quantitative estimate of drug-likeness (QED) is 0.439. The first-order valence-corrected chi connectivity index (χ1v) is 10.4. The maximum Gasteiger partial charge on any atom is 0.416 e. The Kier molecular flexibility index (Phi) is 8.29. The number of nitriles is 1. The van der Waals surface area contributed by atoms with Crippen LogP contribution in [0.5, 0.6) is 0 Å². The van der Waals surface area contributed by atoms with E-state index in [1.54, 1.807) is 25.7 Å². The molecule has 1 heterocycles. The minimum atomic E-state index is -4.66. The monoisotopic (exact) mass is 443 g/mol. The molecule has 172 valence electrons. The molecule has 0 aliphatic carbocycles. The topological polar surface area (TPSA) is 56.6 Å². The summed E-state index contributed by atoms with van der Waals surface area (Å²) >= 11 is 0. The van der Waals surface area contributed by atoms with Gasteiger partial charge in [0.05, 0.1) is 11.6 Å². The van der Waals surface area contributed by atoms with Crippen LogP contribution in [-0.4, -0.2) is 47.2 Å². The van der Waals surface area contributed by atoms with Gasteiger partial charge >= 0.3 is 12.3 Å². The van der Waals surface area contributed by atoms with Crippen LogP contribution in [0.15, 0.2) is 18.2 Å². The highest BCUT2D eigenvalue weighted by atomic mass is 19.4. The van der Waals surface area contributed by atoms with E-state index in [2.05, 4.69) is 6.07 Å². The lowest BCUT2D eigenvalue weighted by atomic mass is 10.00. The number of halogens is 4. The molecule has 31 heavy (non-hydrogen) atoms. The number of rotatable bonds is 6. The van der Waals surface area contributed by atoms with Crippen molar-refractivity contribution in [2.75, 3.05) is 19.6 Å². The van der Waals surface area contributed by atoms with E-state index in [4.69, 9.17) is 10.00 Å². The number of carbonyl (C=O) groups is 1. The van der Waals surface area contributed by atoms with Crippen molar-refractivity contribution in [3.05, 3.63) is 35.1 Å². The molecule has 0 spiro atoms. The van der Waals surface area contributed by atoms with Gasteiger partial charge in [-0.2, -0.15) is 18.4 Å². The van der Waals surface area contributed by atoms with Crippen LogP contribution in [0.3, 0.4) is 0 Å². The van der Waals surface area contributed by atoms with Gasteiger partial charge in [-0.3, -0.25) is 4.90 Å². The first-order chi connectivity index (χ1) is 14.4. The maximum atomic E-state index is 13.5. The summed E-state index contributed by atoms with van der Waals surface area (Å²) in [5, 5.41) is 8.83. The summed E-state index contributed by atoms with van der Waals surface area (Å²) in [5.41, 5.74) is -1.59. The van der Waals surface area contributed by atoms with Gasteiger partial charge in [0, 0.05) is 32.1 Å². The second-order valence-electron chi connectivity index (χ2n) is 8.73. The van der Waals surface area contributed by atoms with E-state index < -0.39 is 29.3 Å². The molecule has 2 rings (SSSR count). The van der Waals surface area contributed by atoms with E-state index in [0.29, 0.717) is 51.4 Å². The largest absolute Gasteiger partial charge is 0.444 e. The number of hydrogen-bond donors (Lipinski definition) is 0. The van der Waals surface area contributed by atoms with E-state index in [0.717, 1.165) is 6.07 Å². The van der Waals surface area contributed by atoms with Crippen molar-refractivity contribution in [3.63, 3.8) is 0 Å². The van der Waals surface area contributed by atoms with Crippen molar-refractivity contribution >= 4 is 6.09 Å². The van der Waals surface area contributed by atoms with E-state index >= 15 is 0 Å². The fourth-order valence-electron chi connectivity index (χ4n) is 3.66. The number of amides is 1. The summed E-state index contributed by atoms with van der Waals surface area (Å²) in [6.07, 6.45) is -3.09. The Morgan fingerprint density at radius 3 is 2.45 bits per heavy atom. The molecule has 0 radical (unpaired) electrons. The molecule has 1 aromatic carbocycles. The van der Waals surface area contributed by atoms with Gasteiger partial charge in [0.15, 0.2) is 0 Å². The molecular formula is C22H29F4N3O2. The van der Waals surface area contributed by atoms with E-state index in [-0.39, 0.29) is 18.2 Å². The van der Waals surface area contributed by atoms with Gasteiger partial charge in [-0.25, -0.2) is 9.18 Å². The minimum absolute atomic E-state index is 0.000398. The van der Waals surface area contributed by atoms with Crippen LogP contribution in [0, 0.1) is 17.1 Å². The number of piperidine rings is 1. The SMILES string of the molecule is CC(C)(C)OC(=O)N1CCC(N(CCCC#N)Cc2ccc(F)cc2C(F)(F)F)CC1.